The highest BCUT2D eigenvalue weighted by Crippen LogP contribution is 2.13. The van der Waals surface area contributed by atoms with Gasteiger partial charge in [-0.25, -0.2) is 9.18 Å². The first-order valence-corrected chi connectivity index (χ1v) is 5.46. The third-order valence-electron chi connectivity index (χ3n) is 2.51. The molecular formula is C12H15FN2O3. The van der Waals surface area contributed by atoms with Crippen molar-refractivity contribution in [2.45, 2.75) is 13.5 Å². The quantitative estimate of drug-likeness (QED) is 0.787. The van der Waals surface area contributed by atoms with Crippen molar-refractivity contribution in [1.82, 2.24) is 4.90 Å². The Hall–Kier alpha value is -1.95. The van der Waals surface area contributed by atoms with Crippen LogP contribution in [0.15, 0.2) is 18.2 Å². The molecule has 5 nitrogen and oxygen atoms in total. The first-order chi connectivity index (χ1) is 8.43. The predicted octanol–water partition coefficient (Wildman–Crippen LogP) is 0.831. The molecule has 18 heavy (non-hydrogen) atoms. The van der Waals surface area contributed by atoms with E-state index in [4.69, 9.17) is 10.8 Å². The van der Waals surface area contributed by atoms with Crippen molar-refractivity contribution >= 4 is 11.9 Å². The van der Waals surface area contributed by atoms with Gasteiger partial charge in [-0.05, 0) is 24.7 Å². The van der Waals surface area contributed by atoms with Crippen molar-refractivity contribution in [3.05, 3.63) is 35.1 Å². The summed E-state index contributed by atoms with van der Waals surface area (Å²) in [5.41, 5.74) is 5.32. The van der Waals surface area contributed by atoms with Gasteiger partial charge in [-0.1, -0.05) is 6.92 Å². The van der Waals surface area contributed by atoms with Crippen LogP contribution in [0.1, 0.15) is 22.8 Å². The lowest BCUT2D eigenvalue weighted by atomic mass is 10.1. The Morgan fingerprint density at radius 3 is 2.61 bits per heavy atom. The Bertz CT molecular complexity index is 463. The smallest absolute Gasteiger partial charge is 0.335 e. The van der Waals surface area contributed by atoms with Crippen molar-refractivity contribution in [2.75, 3.05) is 13.1 Å². The standard InChI is InChI=1S/C12H15FN2O3/c1-2-15(7-11(14)16)6-9-5-8(12(17)18)3-4-10(9)13/h3-5H,2,6-7H2,1H3,(H2,14,16)(H,17,18). The van der Waals surface area contributed by atoms with Gasteiger partial charge < -0.3 is 10.8 Å². The first kappa shape index (κ1) is 14.1. The summed E-state index contributed by atoms with van der Waals surface area (Å²) in [6.07, 6.45) is 0. The predicted molar refractivity (Wildman–Crippen MR) is 63.5 cm³/mol. The number of halogens is 1. The molecule has 1 rings (SSSR count). The second kappa shape index (κ2) is 6.11. The summed E-state index contributed by atoms with van der Waals surface area (Å²) in [5, 5.41) is 8.83. The van der Waals surface area contributed by atoms with E-state index in [1.54, 1.807) is 4.90 Å². The molecule has 0 unspecified atom stereocenters. The number of nitrogens with two attached hydrogens (primary N) is 1. The maximum absolute atomic E-state index is 13.5. The summed E-state index contributed by atoms with van der Waals surface area (Å²) in [5.74, 6) is -2.12. The molecule has 98 valence electrons. The lowest BCUT2D eigenvalue weighted by molar-refractivity contribution is -0.119. The monoisotopic (exact) mass is 254 g/mol. The number of benzene rings is 1. The molecule has 0 bridgehead atoms. The van der Waals surface area contributed by atoms with Gasteiger partial charge >= 0.3 is 5.97 Å². The molecule has 1 aromatic carbocycles. The van der Waals surface area contributed by atoms with Gasteiger partial charge in [0.15, 0.2) is 0 Å². The number of carboxylic acid groups (broad SMARTS) is 1. The molecule has 0 aliphatic rings. The topological polar surface area (TPSA) is 83.6 Å². The Balaban J connectivity index is 2.90. The van der Waals surface area contributed by atoms with Crippen molar-refractivity contribution in [1.29, 1.82) is 0 Å². The van der Waals surface area contributed by atoms with Gasteiger partial charge in [-0.2, -0.15) is 0 Å². The van der Waals surface area contributed by atoms with E-state index in [1.165, 1.54) is 12.1 Å². The van der Waals surface area contributed by atoms with Crippen molar-refractivity contribution in [3.63, 3.8) is 0 Å². The number of hydrogen-bond acceptors (Lipinski definition) is 3. The Kier molecular flexibility index (Phi) is 4.79. The van der Waals surface area contributed by atoms with E-state index in [1.807, 2.05) is 6.92 Å². The second-order valence-electron chi connectivity index (χ2n) is 3.88. The molecule has 0 heterocycles. The maximum Gasteiger partial charge on any atom is 0.335 e. The lowest BCUT2D eigenvalue weighted by Gasteiger charge is -2.19. The highest BCUT2D eigenvalue weighted by atomic mass is 19.1. The van der Waals surface area contributed by atoms with Gasteiger partial charge in [0.1, 0.15) is 5.82 Å². The lowest BCUT2D eigenvalue weighted by Crippen LogP contribution is -2.33. The molecule has 0 fully saturated rings. The summed E-state index contributed by atoms with van der Waals surface area (Å²) >= 11 is 0. The number of rotatable bonds is 6. The molecule has 0 saturated carbocycles. The Labute approximate surface area is 104 Å². The molecule has 0 saturated heterocycles. The molecule has 0 spiro atoms. The number of nitrogens with zero attached hydrogens (tertiary/aromatic N) is 1. The minimum absolute atomic E-state index is 0.00718. The average Bonchev–Trinajstić information content (AvgIpc) is 2.29. The van der Waals surface area contributed by atoms with Crippen LogP contribution in [0.25, 0.3) is 0 Å². The van der Waals surface area contributed by atoms with Crippen LogP contribution in [-0.2, 0) is 11.3 Å². The molecule has 1 aromatic rings. The summed E-state index contributed by atoms with van der Waals surface area (Å²) in [7, 11) is 0. The summed E-state index contributed by atoms with van der Waals surface area (Å²) in [4.78, 5) is 23.2. The van der Waals surface area contributed by atoms with Crippen molar-refractivity contribution in [3.8, 4) is 0 Å². The molecule has 6 heteroatoms. The van der Waals surface area contributed by atoms with Crippen molar-refractivity contribution < 1.29 is 19.1 Å². The average molecular weight is 254 g/mol. The van der Waals surface area contributed by atoms with Gasteiger partial charge in [-0.15, -0.1) is 0 Å². The van der Waals surface area contributed by atoms with E-state index in [2.05, 4.69) is 0 Å². The van der Waals surface area contributed by atoms with E-state index in [0.29, 0.717) is 6.54 Å². The molecule has 3 N–H and O–H groups in total. The van der Waals surface area contributed by atoms with Crippen LogP contribution in [0.2, 0.25) is 0 Å². The molecule has 0 radical (unpaired) electrons. The fourth-order valence-corrected chi connectivity index (χ4v) is 1.57. The van der Waals surface area contributed by atoms with Gasteiger partial charge in [0.2, 0.25) is 5.91 Å². The number of carboxylic acids is 1. The first-order valence-electron chi connectivity index (χ1n) is 5.46. The Morgan fingerprint density at radius 2 is 2.11 bits per heavy atom. The van der Waals surface area contributed by atoms with Gasteiger partial charge in [0.05, 0.1) is 12.1 Å². The molecule has 0 aliphatic carbocycles. The van der Waals surface area contributed by atoms with Crippen LogP contribution in [-0.4, -0.2) is 35.0 Å². The number of carbonyl (C=O) groups excluding carboxylic acids is 1. The summed E-state index contributed by atoms with van der Waals surface area (Å²) in [6, 6.07) is 3.57. The molecule has 0 atom stereocenters. The van der Waals surface area contributed by atoms with Crippen LogP contribution in [0.3, 0.4) is 0 Å². The van der Waals surface area contributed by atoms with Crippen molar-refractivity contribution in [2.24, 2.45) is 5.73 Å². The molecule has 1 amide bonds. The number of likely N-dealkylation sites (N-methyl/N-ethyl adjacent to an activating group) is 1. The minimum Gasteiger partial charge on any atom is -0.478 e. The maximum atomic E-state index is 13.5. The molecule has 0 aliphatic heterocycles. The fraction of sp³-hybridized carbons (Fsp3) is 0.333. The van der Waals surface area contributed by atoms with E-state index in [9.17, 15) is 14.0 Å². The van der Waals surface area contributed by atoms with E-state index in [0.717, 1.165) is 6.07 Å². The molecule has 0 aromatic heterocycles. The van der Waals surface area contributed by atoms with Crippen LogP contribution in [0.4, 0.5) is 4.39 Å². The number of primary amides is 1. The van der Waals surface area contributed by atoms with Crippen LogP contribution >= 0.6 is 0 Å². The van der Waals surface area contributed by atoms with Gasteiger partial charge in [-0.3, -0.25) is 9.69 Å². The highest BCUT2D eigenvalue weighted by molar-refractivity contribution is 5.87. The third-order valence-corrected chi connectivity index (χ3v) is 2.51. The van der Waals surface area contributed by atoms with Gasteiger partial charge in [0, 0.05) is 12.1 Å². The minimum atomic E-state index is -1.12. The zero-order chi connectivity index (χ0) is 13.7. The van der Waals surface area contributed by atoms with Gasteiger partial charge in [0.25, 0.3) is 0 Å². The second-order valence-corrected chi connectivity index (χ2v) is 3.88. The number of hydrogen-bond donors (Lipinski definition) is 2. The largest absolute Gasteiger partial charge is 0.478 e. The number of carbonyl (C=O) groups is 2. The van der Waals surface area contributed by atoms with Crippen LogP contribution in [0, 0.1) is 5.82 Å². The Morgan fingerprint density at radius 1 is 1.44 bits per heavy atom. The third kappa shape index (κ3) is 3.81. The van der Waals surface area contributed by atoms with E-state index >= 15 is 0 Å². The van der Waals surface area contributed by atoms with Crippen LogP contribution in [0.5, 0.6) is 0 Å². The van der Waals surface area contributed by atoms with E-state index < -0.39 is 17.7 Å². The van der Waals surface area contributed by atoms with Crippen LogP contribution < -0.4 is 5.73 Å². The summed E-state index contributed by atoms with van der Waals surface area (Å²) in [6.45, 7) is 2.47. The number of amides is 1. The summed E-state index contributed by atoms with van der Waals surface area (Å²) < 4.78 is 13.5. The number of aromatic carboxylic acids is 1. The van der Waals surface area contributed by atoms with E-state index in [-0.39, 0.29) is 24.2 Å². The zero-order valence-corrected chi connectivity index (χ0v) is 10.0. The zero-order valence-electron chi connectivity index (χ0n) is 10.0. The molecular weight excluding hydrogens is 239 g/mol. The SMILES string of the molecule is CCN(CC(N)=O)Cc1cc(C(=O)O)ccc1F. The highest BCUT2D eigenvalue weighted by Gasteiger charge is 2.12. The fourth-order valence-electron chi connectivity index (χ4n) is 1.57. The normalized spacial score (nSPS) is 10.6.